The molecule has 148 valence electrons. The molecule has 6 heteroatoms. The Morgan fingerprint density at radius 3 is 2.32 bits per heavy atom. The van der Waals surface area contributed by atoms with Crippen LogP contribution in [0.25, 0.3) is 0 Å². The molecule has 1 heterocycles. The first-order valence-electron chi connectivity index (χ1n) is 9.57. The largest absolute Gasteiger partial charge is 0.452 e. The van der Waals surface area contributed by atoms with Crippen LogP contribution in [-0.4, -0.2) is 36.7 Å². The summed E-state index contributed by atoms with van der Waals surface area (Å²) in [6.45, 7) is 3.96. The molecule has 0 atom stereocenters. The zero-order valence-electron chi connectivity index (χ0n) is 16.1. The number of aliphatic hydroxyl groups is 1. The van der Waals surface area contributed by atoms with Gasteiger partial charge in [0.1, 0.15) is 0 Å². The first kappa shape index (κ1) is 19.9. The predicted molar refractivity (Wildman–Crippen MR) is 108 cm³/mol. The lowest BCUT2D eigenvalue weighted by molar-refractivity contribution is -0.119. The van der Waals surface area contributed by atoms with Crippen LogP contribution in [0, 0.1) is 5.92 Å². The number of piperidine rings is 1. The van der Waals surface area contributed by atoms with E-state index in [9.17, 15) is 9.59 Å². The summed E-state index contributed by atoms with van der Waals surface area (Å²) < 4.78 is 5.04. The van der Waals surface area contributed by atoms with E-state index in [1.54, 1.807) is 24.3 Å². The number of ether oxygens (including phenoxy) is 1. The van der Waals surface area contributed by atoms with Crippen molar-refractivity contribution in [3.8, 4) is 0 Å². The number of hydrogen-bond acceptors (Lipinski definition) is 5. The number of amides is 1. The summed E-state index contributed by atoms with van der Waals surface area (Å²) in [4.78, 5) is 26.4. The van der Waals surface area contributed by atoms with Crippen LogP contribution in [0.4, 0.5) is 11.4 Å². The molecule has 6 nitrogen and oxygen atoms in total. The fraction of sp³-hybridized carbons (Fsp3) is 0.364. The van der Waals surface area contributed by atoms with Crippen LogP contribution in [0.2, 0.25) is 0 Å². The number of hydrogen-bond donors (Lipinski definition) is 2. The zero-order valence-corrected chi connectivity index (χ0v) is 16.1. The van der Waals surface area contributed by atoms with Crippen molar-refractivity contribution in [2.75, 3.05) is 29.9 Å². The van der Waals surface area contributed by atoms with Crippen molar-refractivity contribution in [3.63, 3.8) is 0 Å². The minimum atomic E-state index is -0.575. The third-order valence-electron chi connectivity index (χ3n) is 5.01. The third-order valence-corrected chi connectivity index (χ3v) is 5.01. The zero-order chi connectivity index (χ0) is 19.9. The van der Waals surface area contributed by atoms with Crippen molar-refractivity contribution in [2.45, 2.75) is 26.4 Å². The fourth-order valence-corrected chi connectivity index (χ4v) is 3.18. The summed E-state index contributed by atoms with van der Waals surface area (Å²) in [5, 5.41) is 11.7. The van der Waals surface area contributed by atoms with Gasteiger partial charge in [-0.25, -0.2) is 4.79 Å². The van der Waals surface area contributed by atoms with Crippen molar-refractivity contribution >= 4 is 23.3 Å². The van der Waals surface area contributed by atoms with Gasteiger partial charge in [0.15, 0.2) is 6.61 Å². The summed E-state index contributed by atoms with van der Waals surface area (Å²) in [5.74, 6) is -0.181. The smallest absolute Gasteiger partial charge is 0.338 e. The molecule has 0 spiro atoms. The van der Waals surface area contributed by atoms with Crippen molar-refractivity contribution in [2.24, 2.45) is 5.92 Å². The third kappa shape index (κ3) is 5.33. The molecule has 2 aromatic rings. The van der Waals surface area contributed by atoms with Crippen LogP contribution < -0.4 is 10.2 Å². The highest BCUT2D eigenvalue weighted by atomic mass is 16.5. The molecule has 0 bridgehead atoms. The molecule has 2 aromatic carbocycles. The summed E-state index contributed by atoms with van der Waals surface area (Å²) >= 11 is 0. The van der Waals surface area contributed by atoms with Gasteiger partial charge in [0.25, 0.3) is 5.91 Å². The number of benzene rings is 2. The van der Waals surface area contributed by atoms with Crippen LogP contribution in [0.15, 0.2) is 48.5 Å². The Morgan fingerprint density at radius 1 is 1.07 bits per heavy atom. The predicted octanol–water partition coefficient (Wildman–Crippen LogP) is 3.21. The van der Waals surface area contributed by atoms with E-state index in [-0.39, 0.29) is 19.1 Å². The maximum atomic E-state index is 12.0. The molecular formula is C22H26N2O4. The van der Waals surface area contributed by atoms with Gasteiger partial charge in [-0.15, -0.1) is 0 Å². The van der Waals surface area contributed by atoms with Crippen LogP contribution >= 0.6 is 0 Å². The van der Waals surface area contributed by atoms with Gasteiger partial charge in [-0.3, -0.25) is 4.79 Å². The Bertz CT molecular complexity index is 794. The van der Waals surface area contributed by atoms with Crippen LogP contribution in [0.3, 0.4) is 0 Å². The summed E-state index contributed by atoms with van der Waals surface area (Å²) in [6, 6.07) is 14.1. The van der Waals surface area contributed by atoms with Gasteiger partial charge in [-0.2, -0.15) is 0 Å². The molecule has 1 saturated heterocycles. The van der Waals surface area contributed by atoms with E-state index in [2.05, 4.69) is 17.1 Å². The standard InChI is InChI=1S/C22H26N2O4/c1-16-10-12-24(13-11-16)20-8-6-19(7-9-20)23-21(26)15-28-22(27)18-4-2-17(14-25)3-5-18/h2-9,16,25H,10-15H2,1H3,(H,23,26). The van der Waals surface area contributed by atoms with Gasteiger partial charge < -0.3 is 20.1 Å². The lowest BCUT2D eigenvalue weighted by atomic mass is 9.99. The van der Waals surface area contributed by atoms with Gasteiger partial charge in [0.05, 0.1) is 12.2 Å². The van der Waals surface area contributed by atoms with Crippen molar-refractivity contribution in [1.82, 2.24) is 0 Å². The van der Waals surface area contributed by atoms with Crippen molar-refractivity contribution in [1.29, 1.82) is 0 Å². The molecule has 2 N–H and O–H groups in total. The van der Waals surface area contributed by atoms with E-state index in [0.29, 0.717) is 16.8 Å². The van der Waals surface area contributed by atoms with Crippen molar-refractivity contribution in [3.05, 3.63) is 59.7 Å². The maximum absolute atomic E-state index is 12.0. The molecular weight excluding hydrogens is 356 g/mol. The van der Waals surface area contributed by atoms with Crippen LogP contribution in [-0.2, 0) is 16.1 Å². The molecule has 0 unspecified atom stereocenters. The molecule has 0 radical (unpaired) electrons. The number of nitrogens with one attached hydrogen (secondary N) is 1. The average Bonchev–Trinajstić information content (AvgIpc) is 2.73. The molecule has 1 amide bonds. The second-order valence-electron chi connectivity index (χ2n) is 7.20. The summed E-state index contributed by atoms with van der Waals surface area (Å²) in [7, 11) is 0. The van der Waals surface area contributed by atoms with E-state index < -0.39 is 5.97 Å². The second kappa shape index (κ2) is 9.37. The molecule has 3 rings (SSSR count). The first-order chi connectivity index (χ1) is 13.5. The number of aliphatic hydroxyl groups excluding tert-OH is 1. The first-order valence-corrected chi connectivity index (χ1v) is 9.57. The van der Waals surface area contributed by atoms with E-state index in [4.69, 9.17) is 9.84 Å². The monoisotopic (exact) mass is 382 g/mol. The fourth-order valence-electron chi connectivity index (χ4n) is 3.18. The van der Waals surface area contributed by atoms with Crippen molar-refractivity contribution < 1.29 is 19.4 Å². The average molecular weight is 382 g/mol. The highest BCUT2D eigenvalue weighted by Crippen LogP contribution is 2.24. The summed E-state index contributed by atoms with van der Waals surface area (Å²) in [6.07, 6.45) is 2.40. The highest BCUT2D eigenvalue weighted by Gasteiger charge is 2.16. The topological polar surface area (TPSA) is 78.9 Å². The van der Waals surface area contributed by atoms with E-state index in [1.807, 2.05) is 24.3 Å². The minimum absolute atomic E-state index is 0.0899. The van der Waals surface area contributed by atoms with Crippen LogP contribution in [0.1, 0.15) is 35.7 Å². The minimum Gasteiger partial charge on any atom is -0.452 e. The van der Waals surface area contributed by atoms with Gasteiger partial charge in [-0.1, -0.05) is 19.1 Å². The van der Waals surface area contributed by atoms with E-state index in [0.717, 1.165) is 24.7 Å². The SMILES string of the molecule is CC1CCN(c2ccc(NC(=O)COC(=O)c3ccc(CO)cc3)cc2)CC1. The van der Waals surface area contributed by atoms with E-state index >= 15 is 0 Å². The Kier molecular flexibility index (Phi) is 6.66. The Labute approximate surface area is 165 Å². The normalized spacial score (nSPS) is 14.6. The number of anilines is 2. The molecule has 0 aromatic heterocycles. The highest BCUT2D eigenvalue weighted by molar-refractivity contribution is 5.95. The molecule has 1 aliphatic rings. The quantitative estimate of drug-likeness (QED) is 0.750. The lowest BCUT2D eigenvalue weighted by Crippen LogP contribution is -2.32. The van der Waals surface area contributed by atoms with Crippen LogP contribution in [0.5, 0.6) is 0 Å². The van der Waals surface area contributed by atoms with Gasteiger partial charge in [0.2, 0.25) is 0 Å². The molecule has 1 aliphatic heterocycles. The number of carbonyl (C=O) groups excluding carboxylic acids is 2. The molecule has 1 fully saturated rings. The second-order valence-corrected chi connectivity index (χ2v) is 7.20. The Morgan fingerprint density at radius 2 is 1.71 bits per heavy atom. The Hall–Kier alpha value is -2.86. The lowest BCUT2D eigenvalue weighted by Gasteiger charge is -2.32. The number of rotatable bonds is 6. The number of esters is 1. The van der Waals surface area contributed by atoms with Gasteiger partial charge in [-0.05, 0) is 60.7 Å². The number of nitrogens with zero attached hydrogens (tertiary/aromatic N) is 1. The maximum Gasteiger partial charge on any atom is 0.338 e. The van der Waals surface area contributed by atoms with Gasteiger partial charge in [0, 0.05) is 24.5 Å². The molecule has 28 heavy (non-hydrogen) atoms. The summed E-state index contributed by atoms with van der Waals surface area (Å²) in [5.41, 5.74) is 2.87. The van der Waals surface area contributed by atoms with Gasteiger partial charge >= 0.3 is 5.97 Å². The molecule has 0 aliphatic carbocycles. The molecule has 0 saturated carbocycles. The van der Waals surface area contributed by atoms with E-state index in [1.165, 1.54) is 12.8 Å². The number of carbonyl (C=O) groups is 2. The Balaban J connectivity index is 1.47.